The molecule has 0 saturated heterocycles. The largest absolute Gasteiger partial charge is 0.0842 e. The molecule has 0 heterocycles. The first-order valence-electron chi connectivity index (χ1n) is 4.96. The van der Waals surface area contributed by atoms with Gasteiger partial charge in [-0.1, -0.05) is 57.9 Å². The van der Waals surface area contributed by atoms with Crippen LogP contribution in [0.2, 0.25) is 0 Å². The highest BCUT2D eigenvalue weighted by atomic mass is 14.0. The maximum absolute atomic E-state index is 2.30. The molecule has 0 fully saturated rings. The molecule has 0 N–H and O–H groups in total. The second-order valence-corrected chi connectivity index (χ2v) is 3.69. The molecule has 0 rings (SSSR count). The van der Waals surface area contributed by atoms with Gasteiger partial charge in [-0.05, 0) is 18.8 Å². The molecule has 0 aliphatic carbocycles. The van der Waals surface area contributed by atoms with Gasteiger partial charge in [0.05, 0.1) is 0 Å². The molecule has 1 unspecified atom stereocenters. The lowest BCUT2D eigenvalue weighted by atomic mass is 10.00. The van der Waals surface area contributed by atoms with Crippen molar-refractivity contribution in [3.05, 3.63) is 23.8 Å². The van der Waals surface area contributed by atoms with E-state index in [2.05, 4.69) is 52.8 Å². The smallest absolute Gasteiger partial charge is 0.0222 e. The highest BCUT2D eigenvalue weighted by Crippen LogP contribution is 2.12. The molecular formula is C12H22. The first-order valence-corrected chi connectivity index (χ1v) is 4.96. The van der Waals surface area contributed by atoms with Crippen LogP contribution in [0, 0.1) is 11.8 Å². The van der Waals surface area contributed by atoms with E-state index in [0.29, 0.717) is 11.8 Å². The molecular weight excluding hydrogens is 144 g/mol. The van der Waals surface area contributed by atoms with Crippen molar-refractivity contribution in [1.29, 1.82) is 0 Å². The lowest BCUT2D eigenvalue weighted by molar-refractivity contribution is 0.694. The van der Waals surface area contributed by atoms with Crippen molar-refractivity contribution in [3.8, 4) is 0 Å². The summed E-state index contributed by atoms with van der Waals surface area (Å²) in [5, 5.41) is 0. The standard InChI is InChI=1S/C12H22/c1-6-11(5)8-9-12(7-2)10(3)4/h7-11H,6H2,1-5H3/b9-8-,12-7+. The average Bonchev–Trinajstić information content (AvgIpc) is 2.04. The molecule has 0 spiro atoms. The molecule has 0 radical (unpaired) electrons. The number of allylic oxidation sites excluding steroid dienone is 4. The van der Waals surface area contributed by atoms with E-state index in [9.17, 15) is 0 Å². The maximum atomic E-state index is 2.30. The van der Waals surface area contributed by atoms with Crippen molar-refractivity contribution in [2.24, 2.45) is 11.8 Å². The number of hydrogen-bond acceptors (Lipinski definition) is 0. The van der Waals surface area contributed by atoms with Gasteiger partial charge >= 0.3 is 0 Å². The van der Waals surface area contributed by atoms with Gasteiger partial charge in [0, 0.05) is 0 Å². The van der Waals surface area contributed by atoms with Crippen molar-refractivity contribution in [2.75, 3.05) is 0 Å². The Kier molecular flexibility index (Phi) is 5.79. The predicted octanol–water partition coefficient (Wildman–Crippen LogP) is 4.19. The molecule has 0 aliphatic heterocycles. The molecule has 0 heteroatoms. The van der Waals surface area contributed by atoms with Crippen LogP contribution in [0.1, 0.15) is 41.0 Å². The normalized spacial score (nSPS) is 16.0. The third-order valence-corrected chi connectivity index (χ3v) is 2.26. The van der Waals surface area contributed by atoms with Gasteiger partial charge in [0.15, 0.2) is 0 Å². The fraction of sp³-hybridized carbons (Fsp3) is 0.667. The summed E-state index contributed by atoms with van der Waals surface area (Å²) in [6, 6.07) is 0. The van der Waals surface area contributed by atoms with E-state index in [-0.39, 0.29) is 0 Å². The van der Waals surface area contributed by atoms with E-state index in [1.807, 2.05) is 0 Å². The Morgan fingerprint density at radius 1 is 1.25 bits per heavy atom. The Balaban J connectivity index is 4.12. The van der Waals surface area contributed by atoms with Crippen LogP contribution in [0.25, 0.3) is 0 Å². The van der Waals surface area contributed by atoms with E-state index in [1.165, 1.54) is 12.0 Å². The van der Waals surface area contributed by atoms with Crippen LogP contribution >= 0.6 is 0 Å². The van der Waals surface area contributed by atoms with Crippen molar-refractivity contribution in [3.63, 3.8) is 0 Å². The summed E-state index contributed by atoms with van der Waals surface area (Å²) >= 11 is 0. The molecule has 0 aromatic carbocycles. The second kappa shape index (κ2) is 6.05. The maximum Gasteiger partial charge on any atom is -0.0222 e. The zero-order valence-electron chi connectivity index (χ0n) is 9.09. The van der Waals surface area contributed by atoms with Crippen LogP contribution < -0.4 is 0 Å². The van der Waals surface area contributed by atoms with Gasteiger partial charge in [-0.25, -0.2) is 0 Å². The van der Waals surface area contributed by atoms with Crippen LogP contribution in [0.4, 0.5) is 0 Å². The number of hydrogen-bond donors (Lipinski definition) is 0. The van der Waals surface area contributed by atoms with Gasteiger partial charge in [-0.15, -0.1) is 0 Å². The molecule has 12 heavy (non-hydrogen) atoms. The van der Waals surface area contributed by atoms with E-state index in [4.69, 9.17) is 0 Å². The molecule has 0 aromatic rings. The summed E-state index contributed by atoms with van der Waals surface area (Å²) in [6.07, 6.45) is 7.99. The Bertz CT molecular complexity index is 161. The van der Waals surface area contributed by atoms with Gasteiger partial charge in [-0.3, -0.25) is 0 Å². The van der Waals surface area contributed by atoms with Crippen molar-refractivity contribution in [2.45, 2.75) is 41.0 Å². The fourth-order valence-electron chi connectivity index (χ4n) is 1.03. The molecule has 1 atom stereocenters. The van der Waals surface area contributed by atoms with Gasteiger partial charge in [0.1, 0.15) is 0 Å². The average molecular weight is 166 g/mol. The first kappa shape index (κ1) is 11.5. The first-order chi connectivity index (χ1) is 5.61. The summed E-state index contributed by atoms with van der Waals surface area (Å²) < 4.78 is 0. The Morgan fingerprint density at radius 2 is 1.83 bits per heavy atom. The molecule has 70 valence electrons. The van der Waals surface area contributed by atoms with Crippen LogP contribution in [0.15, 0.2) is 23.8 Å². The molecule has 0 aliphatic rings. The Morgan fingerprint density at radius 3 is 2.17 bits per heavy atom. The third-order valence-electron chi connectivity index (χ3n) is 2.26. The minimum absolute atomic E-state index is 0.648. The molecule has 0 saturated carbocycles. The third kappa shape index (κ3) is 4.38. The van der Waals surface area contributed by atoms with Gasteiger partial charge in [-0.2, -0.15) is 0 Å². The number of rotatable bonds is 4. The Labute approximate surface area is 77.4 Å². The SMILES string of the molecule is C/C=C(\C=C/C(C)CC)C(C)C. The monoisotopic (exact) mass is 166 g/mol. The quantitative estimate of drug-likeness (QED) is 0.549. The predicted molar refractivity (Wildman–Crippen MR) is 57.2 cm³/mol. The van der Waals surface area contributed by atoms with Gasteiger partial charge in [0.2, 0.25) is 0 Å². The minimum Gasteiger partial charge on any atom is -0.0842 e. The minimum atomic E-state index is 0.648. The van der Waals surface area contributed by atoms with Gasteiger partial charge in [0.25, 0.3) is 0 Å². The summed E-state index contributed by atoms with van der Waals surface area (Å²) in [6.45, 7) is 11.0. The Hall–Kier alpha value is -0.520. The highest BCUT2D eigenvalue weighted by Gasteiger charge is 1.97. The van der Waals surface area contributed by atoms with Crippen LogP contribution in [0.5, 0.6) is 0 Å². The second-order valence-electron chi connectivity index (χ2n) is 3.69. The fourth-order valence-corrected chi connectivity index (χ4v) is 1.03. The van der Waals surface area contributed by atoms with E-state index in [1.54, 1.807) is 0 Å². The molecule has 0 amide bonds. The van der Waals surface area contributed by atoms with Crippen LogP contribution in [-0.4, -0.2) is 0 Å². The van der Waals surface area contributed by atoms with E-state index >= 15 is 0 Å². The lowest BCUT2D eigenvalue weighted by Crippen LogP contribution is -1.91. The summed E-state index contributed by atoms with van der Waals surface area (Å²) in [5.41, 5.74) is 1.44. The summed E-state index contributed by atoms with van der Waals surface area (Å²) in [4.78, 5) is 0. The zero-order valence-corrected chi connectivity index (χ0v) is 9.09. The van der Waals surface area contributed by atoms with Crippen molar-refractivity contribution in [1.82, 2.24) is 0 Å². The van der Waals surface area contributed by atoms with Crippen LogP contribution in [-0.2, 0) is 0 Å². The van der Waals surface area contributed by atoms with Gasteiger partial charge < -0.3 is 0 Å². The summed E-state index contributed by atoms with van der Waals surface area (Å²) in [7, 11) is 0. The molecule has 0 aromatic heterocycles. The molecule has 0 nitrogen and oxygen atoms in total. The van der Waals surface area contributed by atoms with Crippen molar-refractivity contribution >= 4 is 0 Å². The van der Waals surface area contributed by atoms with E-state index < -0.39 is 0 Å². The highest BCUT2D eigenvalue weighted by molar-refractivity contribution is 5.20. The van der Waals surface area contributed by atoms with E-state index in [0.717, 1.165) is 0 Å². The topological polar surface area (TPSA) is 0 Å². The van der Waals surface area contributed by atoms with Crippen LogP contribution in [0.3, 0.4) is 0 Å². The zero-order chi connectivity index (χ0) is 9.56. The lowest BCUT2D eigenvalue weighted by Gasteiger charge is -2.06. The molecule has 0 bridgehead atoms. The summed E-state index contributed by atoms with van der Waals surface area (Å²) in [5.74, 6) is 1.36. The van der Waals surface area contributed by atoms with Crippen molar-refractivity contribution < 1.29 is 0 Å².